The molecule has 5 rings (SSSR count). The summed E-state index contributed by atoms with van der Waals surface area (Å²) in [6.45, 7) is 0.921. The Kier molecular flexibility index (Phi) is 7.79. The number of halogens is 4. The summed E-state index contributed by atoms with van der Waals surface area (Å²) in [5.74, 6) is -0.617. The van der Waals surface area contributed by atoms with Gasteiger partial charge in [0.2, 0.25) is 5.96 Å². The summed E-state index contributed by atoms with van der Waals surface area (Å²) in [5, 5.41) is 9.84. The molecule has 2 heterocycles. The first kappa shape index (κ1) is 28.3. The first-order valence-electron chi connectivity index (χ1n) is 13.1. The number of alkyl halides is 3. The summed E-state index contributed by atoms with van der Waals surface area (Å²) in [7, 11) is 2.93. The minimum absolute atomic E-state index is 0.00263. The third-order valence-electron chi connectivity index (χ3n) is 7.59. The van der Waals surface area contributed by atoms with E-state index in [0.29, 0.717) is 25.9 Å². The molecule has 11 heteroatoms. The Morgan fingerprint density at radius 3 is 2.41 bits per heavy atom. The van der Waals surface area contributed by atoms with Gasteiger partial charge in [-0.1, -0.05) is 24.3 Å². The molecule has 1 saturated heterocycles. The highest BCUT2D eigenvalue weighted by Gasteiger charge is 2.40. The van der Waals surface area contributed by atoms with Gasteiger partial charge in [0.1, 0.15) is 23.0 Å². The lowest BCUT2D eigenvalue weighted by atomic mass is 9.89. The quantitative estimate of drug-likeness (QED) is 0.330. The van der Waals surface area contributed by atoms with Crippen molar-refractivity contribution in [2.75, 3.05) is 32.2 Å². The van der Waals surface area contributed by atoms with Gasteiger partial charge in [0.15, 0.2) is 0 Å². The second-order valence-electron chi connectivity index (χ2n) is 10.00. The number of hydrogen-bond donors (Lipinski definition) is 1. The number of nitrogens with zero attached hydrogens (tertiary/aromatic N) is 3. The number of para-hydroxylation sites is 1. The Balaban J connectivity index is 1.60. The van der Waals surface area contributed by atoms with Gasteiger partial charge in [-0.2, -0.15) is 13.2 Å². The summed E-state index contributed by atoms with van der Waals surface area (Å²) >= 11 is 0. The number of fused-ring (bicyclic) bond motifs is 1. The van der Waals surface area contributed by atoms with Crippen molar-refractivity contribution in [1.82, 2.24) is 4.90 Å². The Morgan fingerprint density at radius 2 is 1.76 bits per heavy atom. The molecular formula is C30H29F4N3O4. The van der Waals surface area contributed by atoms with Crippen LogP contribution in [0.1, 0.15) is 47.9 Å². The van der Waals surface area contributed by atoms with Gasteiger partial charge < -0.3 is 24.4 Å². The lowest BCUT2D eigenvalue weighted by Crippen LogP contribution is -2.51. The van der Waals surface area contributed by atoms with Crippen LogP contribution < -0.4 is 14.4 Å². The summed E-state index contributed by atoms with van der Waals surface area (Å²) < 4.78 is 67.4. The predicted octanol–water partition coefficient (Wildman–Crippen LogP) is 6.76. The molecule has 41 heavy (non-hydrogen) atoms. The van der Waals surface area contributed by atoms with E-state index in [-0.39, 0.29) is 34.6 Å². The van der Waals surface area contributed by atoms with E-state index >= 15 is 4.39 Å². The first-order valence-corrected chi connectivity index (χ1v) is 13.1. The molecule has 1 atom stereocenters. The second-order valence-corrected chi connectivity index (χ2v) is 10.00. The molecule has 0 bridgehead atoms. The highest BCUT2D eigenvalue weighted by Crippen LogP contribution is 2.46. The molecule has 3 aromatic carbocycles. The van der Waals surface area contributed by atoms with E-state index in [1.54, 1.807) is 13.2 Å². The Bertz CT molecular complexity index is 1470. The van der Waals surface area contributed by atoms with Crippen molar-refractivity contribution >= 4 is 23.3 Å². The average molecular weight is 572 g/mol. The highest BCUT2D eigenvalue weighted by atomic mass is 19.4. The van der Waals surface area contributed by atoms with Gasteiger partial charge in [-0.05, 0) is 60.7 Å². The van der Waals surface area contributed by atoms with E-state index < -0.39 is 36.0 Å². The topological polar surface area (TPSA) is 74.6 Å². The third-order valence-corrected chi connectivity index (χ3v) is 7.59. The molecular weight excluding hydrogens is 542 g/mol. The van der Waals surface area contributed by atoms with E-state index in [4.69, 9.17) is 9.47 Å². The van der Waals surface area contributed by atoms with Crippen molar-refractivity contribution < 1.29 is 36.9 Å². The lowest BCUT2D eigenvalue weighted by molar-refractivity contribution is -0.138. The Hall–Kier alpha value is -4.28. The summed E-state index contributed by atoms with van der Waals surface area (Å²) in [6.07, 6.45) is -3.79. The lowest BCUT2D eigenvalue weighted by Gasteiger charge is -2.44. The molecule has 2 aliphatic heterocycles. The minimum atomic E-state index is -4.66. The number of aliphatic carboxylic acids is 1. The van der Waals surface area contributed by atoms with Gasteiger partial charge in [0.05, 0.1) is 37.9 Å². The number of likely N-dealkylation sites (tertiary alicyclic amines) is 1. The zero-order valence-electron chi connectivity index (χ0n) is 22.5. The number of rotatable bonds is 6. The van der Waals surface area contributed by atoms with E-state index in [9.17, 15) is 23.1 Å². The van der Waals surface area contributed by atoms with E-state index in [2.05, 4.69) is 4.99 Å². The Labute approximate surface area is 234 Å². The van der Waals surface area contributed by atoms with Gasteiger partial charge in [0.25, 0.3) is 0 Å². The molecule has 3 aromatic rings. The fourth-order valence-electron chi connectivity index (χ4n) is 5.58. The second kappa shape index (κ2) is 11.3. The average Bonchev–Trinajstić information content (AvgIpc) is 2.96. The van der Waals surface area contributed by atoms with E-state index in [1.807, 2.05) is 29.2 Å². The van der Waals surface area contributed by atoms with Crippen LogP contribution in [-0.4, -0.2) is 49.2 Å². The van der Waals surface area contributed by atoms with Crippen molar-refractivity contribution in [2.24, 2.45) is 4.99 Å². The van der Waals surface area contributed by atoms with Gasteiger partial charge in [-0.25, -0.2) is 9.38 Å². The zero-order valence-corrected chi connectivity index (χ0v) is 22.5. The molecule has 7 nitrogen and oxygen atoms in total. The number of ether oxygens (including phenoxy) is 2. The van der Waals surface area contributed by atoms with Gasteiger partial charge in [0, 0.05) is 18.7 Å². The maximum atomic E-state index is 15.1. The Morgan fingerprint density at radius 1 is 1.02 bits per heavy atom. The number of benzene rings is 3. The van der Waals surface area contributed by atoms with Crippen LogP contribution in [0.2, 0.25) is 0 Å². The molecule has 0 saturated carbocycles. The largest absolute Gasteiger partial charge is 0.497 e. The zero-order chi connectivity index (χ0) is 29.3. The number of carboxylic acids is 1. The van der Waals surface area contributed by atoms with Crippen molar-refractivity contribution in [1.29, 1.82) is 0 Å². The number of methoxy groups -OCH3 is 2. The SMILES string of the molecule is COc1cccc(C2CCN(C3=Nc4c(F)cccc4[C@H](CC(=O)O)N3c3cc(C(F)(F)F)ccc3OC)CC2)c1. The minimum Gasteiger partial charge on any atom is -0.497 e. The van der Waals surface area contributed by atoms with Crippen LogP contribution in [0.15, 0.2) is 65.7 Å². The van der Waals surface area contributed by atoms with Gasteiger partial charge in [-0.15, -0.1) is 0 Å². The molecule has 216 valence electrons. The smallest absolute Gasteiger partial charge is 0.416 e. The molecule has 1 N–H and O–H groups in total. The van der Waals surface area contributed by atoms with Crippen LogP contribution in [0.4, 0.5) is 28.9 Å². The van der Waals surface area contributed by atoms with E-state index in [0.717, 1.165) is 23.4 Å². The molecule has 0 aliphatic carbocycles. The first-order chi connectivity index (χ1) is 19.6. The van der Waals surface area contributed by atoms with Crippen molar-refractivity contribution in [3.05, 3.63) is 83.2 Å². The van der Waals surface area contributed by atoms with Crippen molar-refractivity contribution in [3.63, 3.8) is 0 Å². The predicted molar refractivity (Wildman–Crippen MR) is 146 cm³/mol. The van der Waals surface area contributed by atoms with Gasteiger partial charge >= 0.3 is 12.1 Å². The third kappa shape index (κ3) is 5.66. The standard InChI is InChI=1S/C30H29F4N3O4/c1-40-21-6-3-5-19(15-21)18-11-13-36(14-12-18)29-35-28-22(7-4-8-23(28)31)24(17-27(38)39)37(29)25-16-20(30(32,33)34)9-10-26(25)41-2/h3-10,15-16,18,24H,11-14,17H2,1-2H3,(H,38,39)/t24-/m0/s1. The van der Waals surface area contributed by atoms with Crippen LogP contribution in [0.3, 0.4) is 0 Å². The van der Waals surface area contributed by atoms with Crippen LogP contribution in [0.25, 0.3) is 0 Å². The fourth-order valence-corrected chi connectivity index (χ4v) is 5.58. The molecule has 0 radical (unpaired) electrons. The fraction of sp³-hybridized carbons (Fsp3) is 0.333. The summed E-state index contributed by atoms with van der Waals surface area (Å²) in [4.78, 5) is 20.0. The maximum absolute atomic E-state index is 15.1. The number of aliphatic imine (C=N–C) groups is 1. The normalized spacial score (nSPS) is 17.6. The molecule has 0 aromatic heterocycles. The molecule has 1 fully saturated rings. The highest BCUT2D eigenvalue weighted by molar-refractivity contribution is 6.02. The van der Waals surface area contributed by atoms with Crippen molar-refractivity contribution in [2.45, 2.75) is 37.4 Å². The van der Waals surface area contributed by atoms with Crippen LogP contribution >= 0.6 is 0 Å². The van der Waals surface area contributed by atoms with Crippen molar-refractivity contribution in [3.8, 4) is 11.5 Å². The molecule has 0 spiro atoms. The number of carboxylic acid groups (broad SMARTS) is 1. The van der Waals surface area contributed by atoms with Crippen LogP contribution in [-0.2, 0) is 11.0 Å². The monoisotopic (exact) mass is 571 g/mol. The molecule has 0 unspecified atom stereocenters. The summed E-state index contributed by atoms with van der Waals surface area (Å²) in [5.41, 5.74) is 0.416. The number of guanidine groups is 1. The number of anilines is 1. The van der Waals surface area contributed by atoms with Crippen LogP contribution in [0.5, 0.6) is 11.5 Å². The van der Waals surface area contributed by atoms with E-state index in [1.165, 1.54) is 30.2 Å². The molecule has 0 amide bonds. The molecule has 2 aliphatic rings. The maximum Gasteiger partial charge on any atom is 0.416 e. The number of piperidine rings is 1. The van der Waals surface area contributed by atoms with Gasteiger partial charge in [-0.3, -0.25) is 4.79 Å². The van der Waals surface area contributed by atoms with Crippen LogP contribution in [0, 0.1) is 5.82 Å². The number of carbonyl (C=O) groups is 1. The number of hydrogen-bond acceptors (Lipinski definition) is 6. The summed E-state index contributed by atoms with van der Waals surface area (Å²) in [6, 6.07) is 14.0.